The highest BCUT2D eigenvalue weighted by Crippen LogP contribution is 2.32. The van der Waals surface area contributed by atoms with E-state index in [1.807, 2.05) is 24.3 Å². The van der Waals surface area contributed by atoms with Crippen LogP contribution in [0.4, 0.5) is 0 Å². The molecular weight excluding hydrogens is 310 g/mol. The number of carbonyl (C=O) groups is 1. The SMILES string of the molecule is N#C[C@@H](/C=C1/SC(=S)NC1=O)c1nc2ccccc2s1. The Labute approximate surface area is 128 Å². The second kappa shape index (κ2) is 5.32. The topological polar surface area (TPSA) is 65.8 Å². The number of para-hydroxylation sites is 1. The van der Waals surface area contributed by atoms with E-state index in [0.717, 1.165) is 10.2 Å². The number of amides is 1. The maximum Gasteiger partial charge on any atom is 0.263 e. The Kier molecular flexibility index (Phi) is 3.53. The summed E-state index contributed by atoms with van der Waals surface area (Å²) < 4.78 is 1.45. The van der Waals surface area contributed by atoms with Gasteiger partial charge in [-0.15, -0.1) is 11.3 Å². The molecule has 0 aliphatic carbocycles. The molecule has 1 aliphatic heterocycles. The van der Waals surface area contributed by atoms with Crippen LogP contribution in [-0.2, 0) is 4.79 Å². The van der Waals surface area contributed by atoms with E-state index in [2.05, 4.69) is 16.4 Å². The minimum Gasteiger partial charge on any atom is -0.307 e. The molecule has 98 valence electrons. The van der Waals surface area contributed by atoms with Crippen molar-refractivity contribution in [3.8, 4) is 6.07 Å². The van der Waals surface area contributed by atoms with Crippen LogP contribution < -0.4 is 5.32 Å². The normalized spacial score (nSPS) is 18.2. The number of allylic oxidation sites excluding steroid dienone is 1. The summed E-state index contributed by atoms with van der Waals surface area (Å²) in [5, 5.41) is 12.5. The van der Waals surface area contributed by atoms with E-state index in [4.69, 9.17) is 12.2 Å². The van der Waals surface area contributed by atoms with Gasteiger partial charge >= 0.3 is 0 Å². The van der Waals surface area contributed by atoms with Crippen molar-refractivity contribution in [1.29, 1.82) is 5.26 Å². The number of carbonyl (C=O) groups excluding carboxylic acids is 1. The van der Waals surface area contributed by atoms with Crippen LogP contribution in [0.1, 0.15) is 10.9 Å². The van der Waals surface area contributed by atoms with Crippen LogP contribution >= 0.6 is 35.3 Å². The molecule has 0 bridgehead atoms. The van der Waals surface area contributed by atoms with Crippen LogP contribution in [0, 0.1) is 11.3 Å². The van der Waals surface area contributed by atoms with Gasteiger partial charge in [-0.2, -0.15) is 5.26 Å². The molecule has 0 spiro atoms. The van der Waals surface area contributed by atoms with Gasteiger partial charge < -0.3 is 5.32 Å². The zero-order chi connectivity index (χ0) is 14.1. The van der Waals surface area contributed by atoms with E-state index < -0.39 is 5.92 Å². The van der Waals surface area contributed by atoms with Crippen molar-refractivity contribution < 1.29 is 4.79 Å². The Morgan fingerprint density at radius 2 is 2.25 bits per heavy atom. The third-order valence-electron chi connectivity index (χ3n) is 2.68. The quantitative estimate of drug-likeness (QED) is 0.681. The lowest BCUT2D eigenvalue weighted by Crippen LogP contribution is -2.17. The molecule has 1 amide bonds. The number of nitrogens with zero attached hydrogens (tertiary/aromatic N) is 2. The Morgan fingerprint density at radius 3 is 2.90 bits per heavy atom. The van der Waals surface area contributed by atoms with Crippen molar-refractivity contribution in [3.63, 3.8) is 0 Å². The van der Waals surface area contributed by atoms with Crippen molar-refractivity contribution in [3.05, 3.63) is 40.3 Å². The summed E-state index contributed by atoms with van der Waals surface area (Å²) in [7, 11) is 0. The van der Waals surface area contributed by atoms with Crippen LogP contribution in [0.3, 0.4) is 0 Å². The Bertz CT molecular complexity index is 755. The number of thiocarbonyl (C=S) groups is 1. The molecule has 1 saturated heterocycles. The van der Waals surface area contributed by atoms with E-state index >= 15 is 0 Å². The van der Waals surface area contributed by atoms with Crippen molar-refractivity contribution in [2.45, 2.75) is 5.92 Å². The molecule has 0 saturated carbocycles. The van der Waals surface area contributed by atoms with Gasteiger partial charge in [0.1, 0.15) is 15.2 Å². The van der Waals surface area contributed by atoms with E-state index in [-0.39, 0.29) is 5.91 Å². The van der Waals surface area contributed by atoms with Crippen molar-refractivity contribution >= 4 is 55.8 Å². The second-order valence-electron chi connectivity index (χ2n) is 4.00. The maximum atomic E-state index is 11.6. The maximum absolute atomic E-state index is 11.6. The van der Waals surface area contributed by atoms with Gasteiger partial charge in [-0.25, -0.2) is 4.98 Å². The van der Waals surface area contributed by atoms with Crippen molar-refractivity contribution in [2.75, 3.05) is 0 Å². The van der Waals surface area contributed by atoms with Crippen LogP contribution in [0.2, 0.25) is 0 Å². The van der Waals surface area contributed by atoms with Gasteiger partial charge in [-0.05, 0) is 18.2 Å². The van der Waals surface area contributed by atoms with Gasteiger partial charge in [0.2, 0.25) is 0 Å². The van der Waals surface area contributed by atoms with Gasteiger partial charge in [0, 0.05) is 0 Å². The Balaban J connectivity index is 1.98. The first-order valence-electron chi connectivity index (χ1n) is 5.67. The molecule has 0 radical (unpaired) electrons. The summed E-state index contributed by atoms with van der Waals surface area (Å²) in [5.41, 5.74) is 0.866. The summed E-state index contributed by atoms with van der Waals surface area (Å²) in [4.78, 5) is 16.5. The number of thioether (sulfide) groups is 1. The van der Waals surface area contributed by atoms with Crippen LogP contribution in [-0.4, -0.2) is 15.2 Å². The summed E-state index contributed by atoms with van der Waals surface area (Å²) in [6.45, 7) is 0. The minimum atomic E-state index is -0.540. The Hall–Kier alpha value is -1.75. The molecule has 20 heavy (non-hydrogen) atoms. The van der Waals surface area contributed by atoms with Gasteiger partial charge in [0.05, 0.1) is 21.2 Å². The minimum absolute atomic E-state index is 0.249. The fourth-order valence-corrected chi connectivity index (χ4v) is 3.81. The molecule has 2 heterocycles. The lowest BCUT2D eigenvalue weighted by Gasteiger charge is -1.98. The van der Waals surface area contributed by atoms with E-state index in [9.17, 15) is 10.1 Å². The molecule has 1 aliphatic rings. The fraction of sp³-hybridized carbons (Fsp3) is 0.0769. The van der Waals surface area contributed by atoms with Crippen LogP contribution in [0.15, 0.2) is 35.2 Å². The average Bonchev–Trinajstić information content (AvgIpc) is 2.99. The molecule has 1 fully saturated rings. The predicted molar refractivity (Wildman–Crippen MR) is 84.4 cm³/mol. The summed E-state index contributed by atoms with van der Waals surface area (Å²) >= 11 is 7.57. The van der Waals surface area contributed by atoms with Crippen molar-refractivity contribution in [1.82, 2.24) is 10.3 Å². The lowest BCUT2D eigenvalue weighted by molar-refractivity contribution is -0.115. The third-order valence-corrected chi connectivity index (χ3v) is 4.98. The van der Waals surface area contributed by atoms with Gasteiger partial charge in [-0.1, -0.05) is 36.1 Å². The zero-order valence-electron chi connectivity index (χ0n) is 9.99. The second-order valence-corrected chi connectivity index (χ2v) is 6.78. The molecule has 0 unspecified atom stereocenters. The van der Waals surface area contributed by atoms with E-state index in [0.29, 0.717) is 14.2 Å². The number of hydrogen-bond acceptors (Lipinski definition) is 6. The number of nitrogens with one attached hydrogen (secondary N) is 1. The largest absolute Gasteiger partial charge is 0.307 e. The molecule has 1 aromatic heterocycles. The summed E-state index contributed by atoms with van der Waals surface area (Å²) in [6, 6.07) is 9.89. The highest BCUT2D eigenvalue weighted by Gasteiger charge is 2.25. The number of rotatable bonds is 2. The predicted octanol–water partition coefficient (Wildman–Crippen LogP) is 2.94. The zero-order valence-corrected chi connectivity index (χ0v) is 12.4. The molecule has 7 heteroatoms. The smallest absolute Gasteiger partial charge is 0.263 e. The fourth-order valence-electron chi connectivity index (χ4n) is 1.77. The first-order chi connectivity index (χ1) is 9.67. The highest BCUT2D eigenvalue weighted by atomic mass is 32.2. The van der Waals surface area contributed by atoms with Gasteiger partial charge in [0.15, 0.2) is 0 Å². The summed E-state index contributed by atoms with van der Waals surface area (Å²) in [6.07, 6.45) is 1.62. The Morgan fingerprint density at radius 1 is 1.45 bits per heavy atom. The molecule has 1 atom stereocenters. The third kappa shape index (κ3) is 2.45. The molecule has 1 N–H and O–H groups in total. The lowest BCUT2D eigenvalue weighted by atomic mass is 10.1. The van der Waals surface area contributed by atoms with Gasteiger partial charge in [-0.3, -0.25) is 4.79 Å². The van der Waals surface area contributed by atoms with Gasteiger partial charge in [0.25, 0.3) is 5.91 Å². The number of hydrogen-bond donors (Lipinski definition) is 1. The monoisotopic (exact) mass is 317 g/mol. The first-order valence-corrected chi connectivity index (χ1v) is 7.71. The first kappa shape index (κ1) is 13.2. The molecule has 3 rings (SSSR count). The van der Waals surface area contributed by atoms with E-state index in [1.54, 1.807) is 6.08 Å². The summed E-state index contributed by atoms with van der Waals surface area (Å²) in [5.74, 6) is -0.789. The molecular formula is C13H7N3OS3. The molecule has 4 nitrogen and oxygen atoms in total. The highest BCUT2D eigenvalue weighted by molar-refractivity contribution is 8.26. The number of thiazole rings is 1. The standard InChI is InChI=1S/C13H7N3OS3/c14-6-7(5-10-11(17)16-13(18)20-10)12-15-8-3-1-2-4-9(8)19-12/h1-5,7H,(H,16,17,18)/b10-5+/t7-/m1/s1. The molecule has 1 aromatic carbocycles. The number of fused-ring (bicyclic) bond motifs is 1. The number of nitriles is 1. The molecule has 2 aromatic rings. The average molecular weight is 317 g/mol. The number of benzene rings is 1. The van der Waals surface area contributed by atoms with E-state index in [1.165, 1.54) is 23.1 Å². The van der Waals surface area contributed by atoms with Crippen LogP contribution in [0.25, 0.3) is 10.2 Å². The number of aromatic nitrogens is 1. The van der Waals surface area contributed by atoms with Crippen molar-refractivity contribution in [2.24, 2.45) is 0 Å². The van der Waals surface area contributed by atoms with Crippen LogP contribution in [0.5, 0.6) is 0 Å².